The van der Waals surface area contributed by atoms with Crippen LogP contribution in [0.15, 0.2) is 24.3 Å². The maximum Gasteiger partial charge on any atom is 0.269 e. The van der Waals surface area contributed by atoms with Crippen LogP contribution in [0.5, 0.6) is 0 Å². The monoisotopic (exact) mass is 235 g/mol. The van der Waals surface area contributed by atoms with Crippen molar-refractivity contribution in [2.75, 3.05) is 0 Å². The Balaban J connectivity index is 2.94. The Morgan fingerprint density at radius 2 is 1.88 bits per heavy atom. The molecule has 0 amide bonds. The van der Waals surface area contributed by atoms with Gasteiger partial charge in [0, 0.05) is 12.1 Å². The standard InChI is InChI=1S/C12H13NO4/c1-8(14)12(9(2)15)7-10-4-3-5-11(6-10)13(16)17/h3-6,12H,7H2,1-2H3. The summed E-state index contributed by atoms with van der Waals surface area (Å²) in [5.74, 6) is -1.15. The summed E-state index contributed by atoms with van der Waals surface area (Å²) in [5, 5.41) is 10.6. The Kier molecular flexibility index (Phi) is 4.09. The number of carbonyl (C=O) groups is 2. The van der Waals surface area contributed by atoms with E-state index in [1.165, 1.54) is 26.0 Å². The van der Waals surface area contributed by atoms with Crippen molar-refractivity contribution in [1.82, 2.24) is 0 Å². The van der Waals surface area contributed by atoms with Gasteiger partial charge in [0.15, 0.2) is 0 Å². The van der Waals surface area contributed by atoms with Gasteiger partial charge in [-0.25, -0.2) is 0 Å². The minimum Gasteiger partial charge on any atom is -0.299 e. The number of nitrogens with zero attached hydrogens (tertiary/aromatic N) is 1. The fraction of sp³-hybridized carbons (Fsp3) is 0.333. The lowest BCUT2D eigenvalue weighted by Gasteiger charge is -2.09. The van der Waals surface area contributed by atoms with Gasteiger partial charge in [0.25, 0.3) is 5.69 Å². The van der Waals surface area contributed by atoms with Crippen LogP contribution in [0.25, 0.3) is 0 Å². The Bertz CT molecular complexity index is 453. The van der Waals surface area contributed by atoms with Gasteiger partial charge in [0.2, 0.25) is 0 Å². The van der Waals surface area contributed by atoms with Crippen LogP contribution >= 0.6 is 0 Å². The molecule has 0 unspecified atom stereocenters. The summed E-state index contributed by atoms with van der Waals surface area (Å²) >= 11 is 0. The molecule has 0 radical (unpaired) electrons. The molecule has 5 heteroatoms. The Labute approximate surface area is 98.6 Å². The molecule has 0 fully saturated rings. The first-order valence-corrected chi connectivity index (χ1v) is 5.16. The number of non-ortho nitro benzene ring substituents is 1. The van der Waals surface area contributed by atoms with Crippen molar-refractivity contribution in [3.63, 3.8) is 0 Å². The van der Waals surface area contributed by atoms with Crippen molar-refractivity contribution < 1.29 is 14.5 Å². The topological polar surface area (TPSA) is 77.3 Å². The highest BCUT2D eigenvalue weighted by Crippen LogP contribution is 2.17. The third-order valence-corrected chi connectivity index (χ3v) is 2.54. The second kappa shape index (κ2) is 5.34. The summed E-state index contributed by atoms with van der Waals surface area (Å²) in [5.41, 5.74) is 0.586. The first-order chi connectivity index (χ1) is 7.91. The molecule has 17 heavy (non-hydrogen) atoms. The Morgan fingerprint density at radius 3 is 2.35 bits per heavy atom. The SMILES string of the molecule is CC(=O)C(Cc1cccc([N+](=O)[O-])c1)C(C)=O. The molecular formula is C12H13NO4. The van der Waals surface area contributed by atoms with Crippen LogP contribution in [-0.2, 0) is 16.0 Å². The normalized spacial score (nSPS) is 10.3. The van der Waals surface area contributed by atoms with E-state index < -0.39 is 10.8 Å². The average molecular weight is 235 g/mol. The minimum absolute atomic E-state index is 0.0339. The zero-order valence-corrected chi connectivity index (χ0v) is 9.67. The predicted octanol–water partition coefficient (Wildman–Crippen LogP) is 1.93. The van der Waals surface area contributed by atoms with Crippen molar-refractivity contribution in [1.29, 1.82) is 0 Å². The number of benzene rings is 1. The van der Waals surface area contributed by atoms with Crippen LogP contribution < -0.4 is 0 Å². The van der Waals surface area contributed by atoms with Crippen LogP contribution in [0.4, 0.5) is 5.69 Å². The lowest BCUT2D eigenvalue weighted by molar-refractivity contribution is -0.384. The molecule has 0 aromatic heterocycles. The molecule has 0 aliphatic heterocycles. The molecule has 90 valence electrons. The van der Waals surface area contributed by atoms with E-state index in [4.69, 9.17) is 0 Å². The highest BCUT2D eigenvalue weighted by molar-refractivity contribution is 6.00. The van der Waals surface area contributed by atoms with Crippen molar-refractivity contribution in [3.05, 3.63) is 39.9 Å². The van der Waals surface area contributed by atoms with Gasteiger partial charge in [-0.3, -0.25) is 19.7 Å². The van der Waals surface area contributed by atoms with Crippen LogP contribution in [-0.4, -0.2) is 16.5 Å². The highest BCUT2D eigenvalue weighted by atomic mass is 16.6. The van der Waals surface area contributed by atoms with Gasteiger partial charge >= 0.3 is 0 Å². The average Bonchev–Trinajstić information content (AvgIpc) is 2.25. The lowest BCUT2D eigenvalue weighted by Crippen LogP contribution is -2.21. The summed E-state index contributed by atoms with van der Waals surface area (Å²) in [7, 11) is 0. The summed E-state index contributed by atoms with van der Waals surface area (Å²) in [4.78, 5) is 32.6. The number of ketones is 2. The first-order valence-electron chi connectivity index (χ1n) is 5.16. The van der Waals surface area contributed by atoms with E-state index in [-0.39, 0.29) is 23.7 Å². The molecule has 0 N–H and O–H groups in total. The van der Waals surface area contributed by atoms with Gasteiger partial charge in [-0.2, -0.15) is 0 Å². The number of nitro groups is 1. The van der Waals surface area contributed by atoms with Gasteiger partial charge in [-0.1, -0.05) is 12.1 Å². The first kappa shape index (κ1) is 13.0. The van der Waals surface area contributed by atoms with E-state index in [1.54, 1.807) is 12.1 Å². The molecule has 0 atom stereocenters. The zero-order chi connectivity index (χ0) is 13.0. The molecule has 1 aromatic rings. The second-order valence-electron chi connectivity index (χ2n) is 3.91. The molecule has 5 nitrogen and oxygen atoms in total. The number of Topliss-reactive ketones (excluding diaryl/α,β-unsaturated/α-hetero) is 2. The van der Waals surface area contributed by atoms with E-state index in [0.29, 0.717) is 5.56 Å². The third-order valence-electron chi connectivity index (χ3n) is 2.54. The van der Waals surface area contributed by atoms with E-state index >= 15 is 0 Å². The molecule has 0 aliphatic carbocycles. The summed E-state index contributed by atoms with van der Waals surface area (Å²) in [6, 6.07) is 5.98. The lowest BCUT2D eigenvalue weighted by atomic mass is 9.92. The van der Waals surface area contributed by atoms with Crippen molar-refractivity contribution in [2.45, 2.75) is 20.3 Å². The number of hydrogen-bond acceptors (Lipinski definition) is 4. The Morgan fingerprint density at radius 1 is 1.29 bits per heavy atom. The van der Waals surface area contributed by atoms with Crippen molar-refractivity contribution in [2.24, 2.45) is 5.92 Å². The number of carbonyl (C=O) groups excluding carboxylic acids is 2. The number of nitro benzene ring substituents is 1. The summed E-state index contributed by atoms with van der Waals surface area (Å²) in [6.07, 6.45) is 0.215. The van der Waals surface area contributed by atoms with E-state index in [2.05, 4.69) is 0 Å². The maximum absolute atomic E-state index is 11.3. The molecule has 0 spiro atoms. The molecule has 0 saturated heterocycles. The van der Waals surface area contributed by atoms with E-state index in [9.17, 15) is 19.7 Å². The molecule has 0 bridgehead atoms. The van der Waals surface area contributed by atoms with Crippen LogP contribution in [0, 0.1) is 16.0 Å². The second-order valence-corrected chi connectivity index (χ2v) is 3.91. The van der Waals surface area contributed by atoms with Crippen LogP contribution in [0.2, 0.25) is 0 Å². The van der Waals surface area contributed by atoms with E-state index in [0.717, 1.165) is 0 Å². The summed E-state index contributed by atoms with van der Waals surface area (Å²) < 4.78 is 0. The van der Waals surface area contributed by atoms with Crippen LogP contribution in [0.1, 0.15) is 19.4 Å². The van der Waals surface area contributed by atoms with Gasteiger partial charge in [-0.15, -0.1) is 0 Å². The fourth-order valence-corrected chi connectivity index (χ4v) is 1.61. The van der Waals surface area contributed by atoms with Gasteiger partial charge in [0.1, 0.15) is 11.6 Å². The quantitative estimate of drug-likeness (QED) is 0.444. The van der Waals surface area contributed by atoms with E-state index in [1.807, 2.05) is 0 Å². The predicted molar refractivity (Wildman–Crippen MR) is 61.7 cm³/mol. The van der Waals surface area contributed by atoms with Gasteiger partial charge < -0.3 is 0 Å². The Hall–Kier alpha value is -2.04. The molecule has 0 saturated carbocycles. The minimum atomic E-state index is -0.711. The van der Waals surface area contributed by atoms with Gasteiger partial charge in [-0.05, 0) is 25.8 Å². The molecule has 0 heterocycles. The van der Waals surface area contributed by atoms with Gasteiger partial charge in [0.05, 0.1) is 10.8 Å². The molecular weight excluding hydrogens is 222 g/mol. The number of rotatable bonds is 5. The molecule has 0 aliphatic rings. The summed E-state index contributed by atoms with van der Waals surface area (Å²) in [6.45, 7) is 2.70. The maximum atomic E-state index is 11.3. The fourth-order valence-electron chi connectivity index (χ4n) is 1.61. The van der Waals surface area contributed by atoms with Crippen molar-refractivity contribution in [3.8, 4) is 0 Å². The third kappa shape index (κ3) is 3.48. The number of hydrogen-bond donors (Lipinski definition) is 0. The smallest absolute Gasteiger partial charge is 0.269 e. The largest absolute Gasteiger partial charge is 0.299 e. The highest BCUT2D eigenvalue weighted by Gasteiger charge is 2.20. The zero-order valence-electron chi connectivity index (χ0n) is 9.67. The molecule has 1 aromatic carbocycles. The van der Waals surface area contributed by atoms with Crippen LogP contribution in [0.3, 0.4) is 0 Å². The molecule has 1 rings (SSSR count). The van der Waals surface area contributed by atoms with Crippen molar-refractivity contribution >= 4 is 17.3 Å².